The first kappa shape index (κ1) is 20.1. The van der Waals surface area contributed by atoms with Gasteiger partial charge in [-0.1, -0.05) is 102 Å². The molecule has 0 bridgehead atoms. The molecule has 4 aromatic carbocycles. The first-order chi connectivity index (χ1) is 16.7. The van der Waals surface area contributed by atoms with Gasteiger partial charge in [-0.05, 0) is 58.9 Å². The molecule has 2 aliphatic rings. The topological polar surface area (TPSA) is 13.1 Å². The Morgan fingerprint density at radius 3 is 2.41 bits per heavy atom. The zero-order valence-electron chi connectivity index (χ0n) is 19.2. The van der Waals surface area contributed by atoms with Gasteiger partial charge < -0.3 is 4.42 Å². The van der Waals surface area contributed by atoms with Crippen LogP contribution in [0, 0.1) is 0 Å². The summed E-state index contributed by atoms with van der Waals surface area (Å²) in [6, 6.07) is 28.5. The third-order valence-corrected chi connectivity index (χ3v) is 8.29. The lowest BCUT2D eigenvalue weighted by Gasteiger charge is -2.30. The summed E-state index contributed by atoms with van der Waals surface area (Å²) >= 11 is 3.89. The average molecular weight is 503 g/mol. The fraction of sp³-hybridized carbons (Fsp3) is 0.125. The number of rotatable bonds is 1. The Morgan fingerprint density at radius 2 is 1.56 bits per heavy atom. The van der Waals surface area contributed by atoms with E-state index in [0.29, 0.717) is 0 Å². The maximum Gasteiger partial charge on any atom is 0.143 e. The van der Waals surface area contributed by atoms with Gasteiger partial charge >= 0.3 is 0 Å². The van der Waals surface area contributed by atoms with E-state index in [2.05, 4.69) is 115 Å². The number of para-hydroxylation sites is 1. The van der Waals surface area contributed by atoms with Gasteiger partial charge in [-0.15, -0.1) is 0 Å². The van der Waals surface area contributed by atoms with Gasteiger partial charge in [0.25, 0.3) is 0 Å². The summed E-state index contributed by atoms with van der Waals surface area (Å²) in [5.74, 6) is 0. The van der Waals surface area contributed by atoms with E-state index < -0.39 is 0 Å². The summed E-state index contributed by atoms with van der Waals surface area (Å²) in [7, 11) is 0. The van der Waals surface area contributed by atoms with Crippen LogP contribution in [0.4, 0.5) is 0 Å². The molecule has 1 aromatic heterocycles. The van der Waals surface area contributed by atoms with Gasteiger partial charge in [-0.3, -0.25) is 0 Å². The Morgan fingerprint density at radius 1 is 0.794 bits per heavy atom. The van der Waals surface area contributed by atoms with Crippen molar-refractivity contribution in [2.24, 2.45) is 0 Å². The van der Waals surface area contributed by atoms with Gasteiger partial charge in [0, 0.05) is 26.4 Å². The Labute approximate surface area is 207 Å². The standard InChI is InChI=1S/C32H23BrO/c1-3-10-21-23(4-2)32(24-13-7-5-12-22(24)29-25(32)14-9-15-27(29)33)26-18-17-20-19-11-6-8-16-28(19)34-31(20)30(21)26/h4-18H,3H2,1-2H3. The number of hydrogen-bond acceptors (Lipinski definition) is 1. The molecule has 0 saturated carbocycles. The predicted octanol–water partition coefficient (Wildman–Crippen LogP) is 9.42. The summed E-state index contributed by atoms with van der Waals surface area (Å²) in [6.07, 6.45) is 5.67. The molecule has 2 heteroatoms. The maximum absolute atomic E-state index is 6.59. The monoisotopic (exact) mass is 502 g/mol. The van der Waals surface area contributed by atoms with Gasteiger partial charge in [0.1, 0.15) is 11.2 Å². The van der Waals surface area contributed by atoms with E-state index >= 15 is 0 Å². The fourth-order valence-electron chi connectivity index (χ4n) is 6.50. The van der Waals surface area contributed by atoms with Crippen molar-refractivity contribution in [2.75, 3.05) is 0 Å². The summed E-state index contributed by atoms with van der Waals surface area (Å²) in [5.41, 5.74) is 12.1. The summed E-state index contributed by atoms with van der Waals surface area (Å²) < 4.78 is 7.73. The molecule has 7 rings (SSSR count). The molecule has 34 heavy (non-hydrogen) atoms. The quantitative estimate of drug-likeness (QED) is 0.222. The van der Waals surface area contributed by atoms with Crippen molar-refractivity contribution in [1.82, 2.24) is 0 Å². The van der Waals surface area contributed by atoms with Gasteiger partial charge in [0.2, 0.25) is 0 Å². The van der Waals surface area contributed by atoms with E-state index in [1.54, 1.807) is 0 Å². The minimum Gasteiger partial charge on any atom is -0.455 e. The number of allylic oxidation sites excluding steroid dienone is 4. The molecular formula is C32H23BrO. The predicted molar refractivity (Wildman–Crippen MR) is 145 cm³/mol. The minimum atomic E-state index is -0.353. The lowest BCUT2D eigenvalue weighted by molar-refractivity contribution is 0.666. The molecule has 5 aromatic rings. The normalized spacial score (nSPS) is 20.6. The first-order valence-corrected chi connectivity index (χ1v) is 12.7. The van der Waals surface area contributed by atoms with Crippen LogP contribution >= 0.6 is 15.9 Å². The second-order valence-electron chi connectivity index (χ2n) is 9.15. The molecule has 164 valence electrons. The molecule has 0 radical (unpaired) electrons. The SMILES string of the molecule is CC=C1C(=CCC)c2c(ccc3c2oc2ccccc23)C12c1ccccc1-c1c(Br)cccc12. The van der Waals surface area contributed by atoms with Crippen LogP contribution in [0.2, 0.25) is 0 Å². The van der Waals surface area contributed by atoms with Crippen LogP contribution in [-0.4, -0.2) is 0 Å². The molecule has 1 unspecified atom stereocenters. The highest BCUT2D eigenvalue weighted by atomic mass is 79.9. The van der Waals surface area contributed by atoms with Crippen LogP contribution < -0.4 is 0 Å². The second kappa shape index (κ2) is 7.07. The van der Waals surface area contributed by atoms with E-state index in [1.807, 2.05) is 6.07 Å². The summed E-state index contributed by atoms with van der Waals surface area (Å²) in [6.45, 7) is 4.40. The van der Waals surface area contributed by atoms with Crippen molar-refractivity contribution in [3.63, 3.8) is 0 Å². The third kappa shape index (κ3) is 2.25. The fourth-order valence-corrected chi connectivity index (χ4v) is 7.08. The molecule has 1 atom stereocenters. The van der Waals surface area contributed by atoms with E-state index in [4.69, 9.17) is 4.42 Å². The van der Waals surface area contributed by atoms with Crippen molar-refractivity contribution in [1.29, 1.82) is 0 Å². The van der Waals surface area contributed by atoms with Gasteiger partial charge in [0.05, 0.1) is 5.41 Å². The van der Waals surface area contributed by atoms with Crippen molar-refractivity contribution >= 4 is 43.4 Å². The highest BCUT2D eigenvalue weighted by Gasteiger charge is 2.54. The molecular weight excluding hydrogens is 480 g/mol. The Kier molecular flexibility index (Phi) is 4.17. The lowest BCUT2D eigenvalue weighted by atomic mass is 9.70. The van der Waals surface area contributed by atoms with Gasteiger partial charge in [-0.2, -0.15) is 0 Å². The van der Waals surface area contributed by atoms with E-state index in [-0.39, 0.29) is 5.41 Å². The van der Waals surface area contributed by atoms with Crippen LogP contribution in [0.25, 0.3) is 38.6 Å². The highest BCUT2D eigenvalue weighted by Crippen LogP contribution is 2.65. The zero-order valence-corrected chi connectivity index (χ0v) is 20.7. The second-order valence-corrected chi connectivity index (χ2v) is 10.0. The molecule has 1 spiro atoms. The van der Waals surface area contributed by atoms with Crippen LogP contribution in [0.1, 0.15) is 42.5 Å². The van der Waals surface area contributed by atoms with Crippen molar-refractivity contribution < 1.29 is 4.42 Å². The van der Waals surface area contributed by atoms with E-state index in [0.717, 1.165) is 22.1 Å². The number of fused-ring (bicyclic) bond motifs is 11. The Hall–Kier alpha value is -3.36. The van der Waals surface area contributed by atoms with Crippen LogP contribution in [0.3, 0.4) is 0 Å². The minimum absolute atomic E-state index is 0.353. The molecule has 1 nitrogen and oxygen atoms in total. The van der Waals surface area contributed by atoms with E-state index in [1.165, 1.54) is 55.3 Å². The lowest BCUT2D eigenvalue weighted by Crippen LogP contribution is -2.26. The van der Waals surface area contributed by atoms with Gasteiger partial charge in [-0.25, -0.2) is 0 Å². The summed E-state index contributed by atoms with van der Waals surface area (Å²) in [4.78, 5) is 0. The molecule has 0 aliphatic heterocycles. The molecule has 0 amide bonds. The van der Waals surface area contributed by atoms with Crippen molar-refractivity contribution in [2.45, 2.75) is 25.7 Å². The van der Waals surface area contributed by atoms with Crippen LogP contribution in [0.5, 0.6) is 0 Å². The largest absolute Gasteiger partial charge is 0.455 e. The first-order valence-electron chi connectivity index (χ1n) is 11.9. The molecule has 2 aliphatic carbocycles. The highest BCUT2D eigenvalue weighted by molar-refractivity contribution is 9.10. The molecule has 1 heterocycles. The van der Waals surface area contributed by atoms with Crippen LogP contribution in [-0.2, 0) is 5.41 Å². The number of halogens is 1. The molecule has 0 fully saturated rings. The number of hydrogen-bond donors (Lipinski definition) is 0. The molecule has 0 N–H and O–H groups in total. The van der Waals surface area contributed by atoms with Crippen molar-refractivity contribution in [3.05, 3.63) is 123 Å². The Bertz CT molecular complexity index is 1710. The zero-order chi connectivity index (χ0) is 23.0. The molecule has 0 saturated heterocycles. The Balaban J connectivity index is 1.72. The van der Waals surface area contributed by atoms with E-state index in [9.17, 15) is 0 Å². The summed E-state index contributed by atoms with van der Waals surface area (Å²) in [5, 5.41) is 2.36. The smallest absolute Gasteiger partial charge is 0.143 e. The number of furan rings is 1. The third-order valence-electron chi connectivity index (χ3n) is 7.63. The number of benzene rings is 4. The maximum atomic E-state index is 6.59. The average Bonchev–Trinajstić information content (AvgIpc) is 3.48. The van der Waals surface area contributed by atoms with Crippen molar-refractivity contribution in [3.8, 4) is 11.1 Å². The van der Waals surface area contributed by atoms with Gasteiger partial charge in [0.15, 0.2) is 0 Å². The van der Waals surface area contributed by atoms with Crippen LogP contribution in [0.15, 0.2) is 105 Å².